The quantitative estimate of drug-likeness (QED) is 0.154. The fourth-order valence-electron chi connectivity index (χ4n) is 5.26. The Kier molecular flexibility index (Phi) is 8.42. The summed E-state index contributed by atoms with van der Waals surface area (Å²) in [5.41, 5.74) is 6.54. The zero-order chi connectivity index (χ0) is 30.2. The molecule has 7 nitrogen and oxygen atoms in total. The third-order valence-electron chi connectivity index (χ3n) is 7.36. The number of benzene rings is 2. The van der Waals surface area contributed by atoms with Crippen molar-refractivity contribution in [1.29, 1.82) is 0 Å². The lowest BCUT2D eigenvalue weighted by atomic mass is 9.93. The standard InChI is InChI=1S/C33H35N2O5PS/c1-19(2)13-21(4)25-15-29-26(34-18-25)16-28(40-29)23-8-10-24(11-9-23)31-17-27(32(42-31)33(36)37)35-41(38,39-6)30-12-7-20(3)14-22(30)5/h7-12,14-19,21H,13H2,1-6H3,(H,35,38)(H,36,37). The number of nitrogens with one attached hydrogen (secondary N) is 1. The monoisotopic (exact) mass is 602 g/mol. The molecule has 0 aliphatic carbocycles. The van der Waals surface area contributed by atoms with Crippen LogP contribution in [0.1, 0.15) is 59.5 Å². The predicted molar refractivity (Wildman–Crippen MR) is 171 cm³/mol. The van der Waals surface area contributed by atoms with Crippen molar-refractivity contribution in [3.63, 3.8) is 0 Å². The number of carboxylic acids is 1. The summed E-state index contributed by atoms with van der Waals surface area (Å²) in [5, 5.41) is 13.4. The number of carboxylic acid groups (broad SMARTS) is 1. The number of aromatic nitrogens is 1. The molecule has 3 aromatic heterocycles. The van der Waals surface area contributed by atoms with Gasteiger partial charge in [-0.1, -0.05) is 62.7 Å². The Morgan fingerprint density at radius 3 is 2.40 bits per heavy atom. The van der Waals surface area contributed by atoms with Gasteiger partial charge >= 0.3 is 13.5 Å². The molecule has 0 radical (unpaired) electrons. The Labute approximate surface area is 250 Å². The van der Waals surface area contributed by atoms with E-state index in [1.165, 1.54) is 12.7 Å². The van der Waals surface area contributed by atoms with E-state index in [9.17, 15) is 14.5 Å². The molecule has 0 aliphatic heterocycles. The summed E-state index contributed by atoms with van der Waals surface area (Å²) in [6, 6.07) is 19.0. The first-order valence-electron chi connectivity index (χ1n) is 13.9. The van der Waals surface area contributed by atoms with Crippen LogP contribution in [0.2, 0.25) is 0 Å². The molecule has 0 bridgehead atoms. The van der Waals surface area contributed by atoms with Gasteiger partial charge in [0.1, 0.15) is 16.2 Å². The lowest BCUT2D eigenvalue weighted by Crippen LogP contribution is -2.17. The molecule has 42 heavy (non-hydrogen) atoms. The highest BCUT2D eigenvalue weighted by Crippen LogP contribution is 2.49. The van der Waals surface area contributed by atoms with Gasteiger partial charge in [-0.25, -0.2) is 4.79 Å². The second kappa shape index (κ2) is 11.9. The minimum Gasteiger partial charge on any atom is -0.477 e. The van der Waals surface area contributed by atoms with Gasteiger partial charge in [0.25, 0.3) is 0 Å². The largest absolute Gasteiger partial charge is 0.477 e. The van der Waals surface area contributed by atoms with Crippen molar-refractivity contribution in [3.05, 3.63) is 88.4 Å². The van der Waals surface area contributed by atoms with Crippen molar-refractivity contribution >= 4 is 46.9 Å². The molecule has 0 spiro atoms. The Morgan fingerprint density at radius 1 is 1.05 bits per heavy atom. The summed E-state index contributed by atoms with van der Waals surface area (Å²) in [5.74, 6) is 0.608. The molecule has 5 rings (SSSR count). The smallest absolute Gasteiger partial charge is 0.348 e. The van der Waals surface area contributed by atoms with E-state index in [1.807, 2.05) is 62.5 Å². The SMILES string of the molecule is COP(=O)(Nc1cc(-c2ccc(-c3cc4ncc(C(C)CC(C)C)cc4o3)cc2)sc1C(=O)O)c1ccc(C)cc1C. The van der Waals surface area contributed by atoms with Gasteiger partial charge in [-0.2, -0.15) is 0 Å². The van der Waals surface area contributed by atoms with Gasteiger partial charge < -0.3 is 19.1 Å². The second-order valence-corrected chi connectivity index (χ2v) is 14.4. The van der Waals surface area contributed by atoms with E-state index < -0.39 is 13.5 Å². The number of nitrogens with zero attached hydrogens (tertiary/aromatic N) is 1. The number of hydrogen-bond donors (Lipinski definition) is 2. The van der Waals surface area contributed by atoms with Gasteiger partial charge in [0.15, 0.2) is 5.58 Å². The maximum absolute atomic E-state index is 13.8. The highest BCUT2D eigenvalue weighted by molar-refractivity contribution is 7.68. The number of carbonyl (C=O) groups is 1. The Bertz CT molecular complexity index is 1810. The zero-order valence-electron chi connectivity index (χ0n) is 24.6. The number of pyridine rings is 1. The molecular formula is C33H35N2O5PS. The molecule has 5 aromatic rings. The average molecular weight is 603 g/mol. The fraction of sp³-hybridized carbons (Fsp3) is 0.273. The Hall–Kier alpha value is -3.71. The first kappa shape index (κ1) is 29.8. The van der Waals surface area contributed by atoms with Crippen molar-refractivity contribution < 1.29 is 23.4 Å². The van der Waals surface area contributed by atoms with Crippen molar-refractivity contribution in [2.75, 3.05) is 12.2 Å². The summed E-state index contributed by atoms with van der Waals surface area (Å²) in [4.78, 5) is 17.6. The normalized spacial score (nSPS) is 13.8. The number of aromatic carboxylic acids is 1. The molecule has 0 aliphatic rings. The maximum Gasteiger partial charge on any atom is 0.348 e. The van der Waals surface area contributed by atoms with Crippen molar-refractivity contribution in [1.82, 2.24) is 4.98 Å². The summed E-state index contributed by atoms with van der Waals surface area (Å²) in [7, 11) is -2.22. The van der Waals surface area contributed by atoms with Crippen LogP contribution in [0, 0.1) is 19.8 Å². The van der Waals surface area contributed by atoms with Gasteiger partial charge in [-0.3, -0.25) is 9.55 Å². The number of fused-ring (bicyclic) bond motifs is 1. The first-order chi connectivity index (χ1) is 20.0. The van der Waals surface area contributed by atoms with Crippen LogP contribution in [0.5, 0.6) is 0 Å². The van der Waals surface area contributed by atoms with Crippen LogP contribution in [0.15, 0.2) is 71.3 Å². The molecule has 0 saturated carbocycles. The van der Waals surface area contributed by atoms with E-state index in [2.05, 4.69) is 36.9 Å². The van der Waals surface area contributed by atoms with Crippen LogP contribution in [0.25, 0.3) is 32.9 Å². The topological polar surface area (TPSA) is 102 Å². The number of furan rings is 1. The number of aryl methyl sites for hydroxylation is 2. The summed E-state index contributed by atoms with van der Waals surface area (Å²) < 4.78 is 25.5. The van der Waals surface area contributed by atoms with Gasteiger partial charge in [-0.15, -0.1) is 11.3 Å². The molecule has 2 unspecified atom stereocenters. The maximum atomic E-state index is 13.8. The molecule has 9 heteroatoms. The number of hydrogen-bond acceptors (Lipinski definition) is 6. The van der Waals surface area contributed by atoms with Crippen molar-refractivity contribution in [2.24, 2.45) is 5.92 Å². The molecule has 0 fully saturated rings. The molecule has 0 saturated heterocycles. The molecule has 218 valence electrons. The van der Waals surface area contributed by atoms with Crippen LogP contribution >= 0.6 is 18.9 Å². The molecule has 3 heterocycles. The Morgan fingerprint density at radius 2 is 1.76 bits per heavy atom. The van der Waals surface area contributed by atoms with Crippen molar-refractivity contribution in [3.8, 4) is 21.8 Å². The first-order valence-corrected chi connectivity index (χ1v) is 16.3. The summed E-state index contributed by atoms with van der Waals surface area (Å²) in [6.07, 6.45) is 3.02. The van der Waals surface area contributed by atoms with Gasteiger partial charge in [0.05, 0.1) is 11.0 Å². The molecular weight excluding hydrogens is 567 g/mol. The van der Waals surface area contributed by atoms with E-state index in [0.717, 1.165) is 56.0 Å². The van der Waals surface area contributed by atoms with Crippen LogP contribution in [0.3, 0.4) is 0 Å². The van der Waals surface area contributed by atoms with E-state index >= 15 is 0 Å². The third kappa shape index (κ3) is 6.07. The van der Waals surface area contributed by atoms with E-state index in [1.54, 1.807) is 12.1 Å². The number of thiophene rings is 1. The molecule has 2 aromatic carbocycles. The lowest BCUT2D eigenvalue weighted by Gasteiger charge is -2.20. The molecule has 0 amide bonds. The van der Waals surface area contributed by atoms with Gasteiger partial charge in [0, 0.05) is 29.8 Å². The van der Waals surface area contributed by atoms with E-state index in [4.69, 9.17) is 8.94 Å². The predicted octanol–water partition coefficient (Wildman–Crippen LogP) is 9.26. The number of anilines is 1. The highest BCUT2D eigenvalue weighted by Gasteiger charge is 2.30. The van der Waals surface area contributed by atoms with Crippen LogP contribution in [0.4, 0.5) is 5.69 Å². The average Bonchev–Trinajstić information content (AvgIpc) is 3.56. The van der Waals surface area contributed by atoms with Crippen LogP contribution in [-0.2, 0) is 9.09 Å². The van der Waals surface area contributed by atoms with Crippen LogP contribution in [-0.4, -0.2) is 23.2 Å². The van der Waals surface area contributed by atoms with Crippen LogP contribution < -0.4 is 10.4 Å². The minimum atomic E-state index is -3.58. The number of rotatable bonds is 10. The third-order valence-corrected chi connectivity index (χ3v) is 10.7. The zero-order valence-corrected chi connectivity index (χ0v) is 26.3. The summed E-state index contributed by atoms with van der Waals surface area (Å²) >= 11 is 1.12. The fourth-order valence-corrected chi connectivity index (χ4v) is 8.00. The van der Waals surface area contributed by atoms with Crippen molar-refractivity contribution in [2.45, 2.75) is 47.0 Å². The highest BCUT2D eigenvalue weighted by atomic mass is 32.1. The summed E-state index contributed by atoms with van der Waals surface area (Å²) in [6.45, 7) is 10.5. The molecule has 2 atom stereocenters. The van der Waals surface area contributed by atoms with Gasteiger partial charge in [-0.05, 0) is 67.0 Å². The van der Waals surface area contributed by atoms with E-state index in [0.29, 0.717) is 22.9 Å². The van der Waals surface area contributed by atoms with Gasteiger partial charge in [0.2, 0.25) is 0 Å². The second-order valence-electron chi connectivity index (χ2n) is 11.2. The Balaban J connectivity index is 1.42. The lowest BCUT2D eigenvalue weighted by molar-refractivity contribution is 0.0703. The molecule has 2 N–H and O–H groups in total. The van der Waals surface area contributed by atoms with E-state index in [-0.39, 0.29) is 10.6 Å². The minimum absolute atomic E-state index is 0.0574.